The molecular formula is C16H15ClN2S2. The van der Waals surface area contributed by atoms with Gasteiger partial charge in [-0.1, -0.05) is 23.7 Å². The molecule has 108 valence electrons. The minimum absolute atomic E-state index is 0.103. The van der Waals surface area contributed by atoms with Gasteiger partial charge >= 0.3 is 0 Å². The summed E-state index contributed by atoms with van der Waals surface area (Å²) in [5.74, 6) is 0.873. The van der Waals surface area contributed by atoms with Gasteiger partial charge < -0.3 is 5.73 Å². The SMILES string of the molecule is NC(CSc1ccc(Cl)cc1)Cc1nc2ccccc2s1. The van der Waals surface area contributed by atoms with E-state index in [1.807, 2.05) is 42.5 Å². The minimum atomic E-state index is 0.103. The lowest BCUT2D eigenvalue weighted by Gasteiger charge is -2.09. The Kier molecular flexibility index (Phi) is 4.80. The van der Waals surface area contributed by atoms with Crippen LogP contribution in [0.2, 0.25) is 5.02 Å². The van der Waals surface area contributed by atoms with E-state index in [0.717, 1.165) is 27.7 Å². The normalized spacial score (nSPS) is 12.7. The number of hydrogen-bond acceptors (Lipinski definition) is 4. The van der Waals surface area contributed by atoms with Crippen molar-refractivity contribution in [2.45, 2.75) is 17.4 Å². The summed E-state index contributed by atoms with van der Waals surface area (Å²) < 4.78 is 1.23. The van der Waals surface area contributed by atoms with E-state index in [0.29, 0.717) is 0 Å². The number of hydrogen-bond donors (Lipinski definition) is 1. The van der Waals surface area contributed by atoms with Gasteiger partial charge in [0.15, 0.2) is 0 Å². The Bertz CT molecular complexity index is 691. The molecule has 3 aromatic rings. The second-order valence-corrected chi connectivity index (χ2v) is 7.45. The summed E-state index contributed by atoms with van der Waals surface area (Å²) in [5.41, 5.74) is 7.29. The predicted molar refractivity (Wildman–Crippen MR) is 93.5 cm³/mol. The third-order valence-electron chi connectivity index (χ3n) is 3.05. The first-order valence-corrected chi connectivity index (χ1v) is 8.87. The molecule has 1 aromatic heterocycles. The third-order valence-corrected chi connectivity index (χ3v) is 5.56. The van der Waals surface area contributed by atoms with Gasteiger partial charge in [-0.3, -0.25) is 0 Å². The number of para-hydroxylation sites is 1. The zero-order chi connectivity index (χ0) is 14.7. The Balaban J connectivity index is 1.58. The molecule has 2 nitrogen and oxygen atoms in total. The number of benzene rings is 2. The highest BCUT2D eigenvalue weighted by atomic mass is 35.5. The molecule has 0 aliphatic rings. The predicted octanol–water partition coefficient (Wildman–Crippen LogP) is 4.61. The van der Waals surface area contributed by atoms with Gasteiger partial charge in [0, 0.05) is 28.1 Å². The largest absolute Gasteiger partial charge is 0.327 e. The molecule has 0 spiro atoms. The van der Waals surface area contributed by atoms with Crippen LogP contribution in [-0.2, 0) is 6.42 Å². The number of nitrogens with zero attached hydrogens (tertiary/aromatic N) is 1. The zero-order valence-corrected chi connectivity index (χ0v) is 13.7. The van der Waals surface area contributed by atoms with E-state index in [1.54, 1.807) is 23.1 Å². The van der Waals surface area contributed by atoms with Crippen LogP contribution in [0.15, 0.2) is 53.4 Å². The molecule has 21 heavy (non-hydrogen) atoms. The lowest BCUT2D eigenvalue weighted by atomic mass is 10.2. The summed E-state index contributed by atoms with van der Waals surface area (Å²) in [7, 11) is 0. The molecule has 1 unspecified atom stereocenters. The molecule has 0 aliphatic heterocycles. The summed E-state index contributed by atoms with van der Waals surface area (Å²) >= 11 is 9.37. The van der Waals surface area contributed by atoms with E-state index < -0.39 is 0 Å². The molecule has 0 aliphatic carbocycles. The van der Waals surface area contributed by atoms with Gasteiger partial charge in [0.2, 0.25) is 0 Å². The maximum Gasteiger partial charge on any atom is 0.0954 e. The van der Waals surface area contributed by atoms with Gasteiger partial charge in [-0.05, 0) is 36.4 Å². The smallest absolute Gasteiger partial charge is 0.0954 e. The van der Waals surface area contributed by atoms with Crippen LogP contribution in [0.5, 0.6) is 0 Å². The van der Waals surface area contributed by atoms with Gasteiger partial charge in [-0.25, -0.2) is 4.98 Å². The summed E-state index contributed by atoms with van der Waals surface area (Å²) in [6.45, 7) is 0. The highest BCUT2D eigenvalue weighted by Crippen LogP contribution is 2.24. The zero-order valence-electron chi connectivity index (χ0n) is 11.3. The second kappa shape index (κ2) is 6.79. The van der Waals surface area contributed by atoms with Crippen molar-refractivity contribution in [3.05, 3.63) is 58.6 Å². The fraction of sp³-hybridized carbons (Fsp3) is 0.188. The summed E-state index contributed by atoms with van der Waals surface area (Å²) in [6.07, 6.45) is 0.819. The molecule has 2 N–H and O–H groups in total. The fourth-order valence-electron chi connectivity index (χ4n) is 2.02. The van der Waals surface area contributed by atoms with Crippen LogP contribution in [0.3, 0.4) is 0 Å². The van der Waals surface area contributed by atoms with Crippen molar-refractivity contribution in [3.8, 4) is 0 Å². The molecular weight excluding hydrogens is 320 g/mol. The fourth-order valence-corrected chi connectivity index (χ4v) is 4.06. The number of thiazole rings is 1. The highest BCUT2D eigenvalue weighted by Gasteiger charge is 2.09. The monoisotopic (exact) mass is 334 g/mol. The van der Waals surface area contributed by atoms with Crippen LogP contribution in [0.25, 0.3) is 10.2 Å². The third kappa shape index (κ3) is 3.98. The minimum Gasteiger partial charge on any atom is -0.327 e. The maximum atomic E-state index is 6.23. The first-order valence-electron chi connectivity index (χ1n) is 6.69. The lowest BCUT2D eigenvalue weighted by molar-refractivity contribution is 0.745. The number of halogens is 1. The standard InChI is InChI=1S/C16H15ClN2S2/c17-11-5-7-13(8-6-11)20-10-12(18)9-16-19-14-3-1-2-4-15(14)21-16/h1-8,12H,9-10,18H2. The van der Waals surface area contributed by atoms with Gasteiger partial charge in [-0.15, -0.1) is 23.1 Å². The first kappa shape index (κ1) is 14.9. The van der Waals surface area contributed by atoms with E-state index in [2.05, 4.69) is 11.1 Å². The molecule has 0 fully saturated rings. The average Bonchev–Trinajstić information content (AvgIpc) is 2.88. The molecule has 0 amide bonds. The first-order chi connectivity index (χ1) is 10.2. The van der Waals surface area contributed by atoms with Crippen molar-refractivity contribution in [1.29, 1.82) is 0 Å². The molecule has 0 bridgehead atoms. The molecule has 0 saturated heterocycles. The van der Waals surface area contributed by atoms with Crippen molar-refractivity contribution in [2.75, 3.05) is 5.75 Å². The Hall–Kier alpha value is -1.07. The summed E-state index contributed by atoms with van der Waals surface area (Å²) in [6, 6.07) is 16.2. The van der Waals surface area contributed by atoms with E-state index >= 15 is 0 Å². The topological polar surface area (TPSA) is 38.9 Å². The van der Waals surface area contributed by atoms with Crippen LogP contribution in [0.1, 0.15) is 5.01 Å². The Labute approximate surface area is 137 Å². The van der Waals surface area contributed by atoms with Crippen molar-refractivity contribution in [2.24, 2.45) is 5.73 Å². The van der Waals surface area contributed by atoms with Crippen LogP contribution >= 0.6 is 34.7 Å². The summed E-state index contributed by atoms with van der Waals surface area (Å²) in [4.78, 5) is 5.82. The van der Waals surface area contributed by atoms with Gasteiger partial charge in [0.1, 0.15) is 0 Å². The molecule has 2 aromatic carbocycles. The second-order valence-electron chi connectivity index (χ2n) is 4.80. The van der Waals surface area contributed by atoms with Crippen molar-refractivity contribution < 1.29 is 0 Å². The van der Waals surface area contributed by atoms with E-state index in [9.17, 15) is 0 Å². The van der Waals surface area contributed by atoms with Crippen LogP contribution in [0, 0.1) is 0 Å². The average molecular weight is 335 g/mol. The maximum absolute atomic E-state index is 6.23. The van der Waals surface area contributed by atoms with Crippen molar-refractivity contribution in [3.63, 3.8) is 0 Å². The van der Waals surface area contributed by atoms with Crippen LogP contribution < -0.4 is 5.73 Å². The van der Waals surface area contributed by atoms with Crippen LogP contribution in [0.4, 0.5) is 0 Å². The molecule has 0 radical (unpaired) electrons. The molecule has 1 atom stereocenters. The van der Waals surface area contributed by atoms with E-state index in [4.69, 9.17) is 17.3 Å². The van der Waals surface area contributed by atoms with Gasteiger partial charge in [0.05, 0.1) is 15.2 Å². The quantitative estimate of drug-likeness (QED) is 0.692. The molecule has 3 rings (SSSR count). The van der Waals surface area contributed by atoms with Crippen molar-refractivity contribution in [1.82, 2.24) is 4.98 Å². The highest BCUT2D eigenvalue weighted by molar-refractivity contribution is 7.99. The number of aromatic nitrogens is 1. The Morgan fingerprint density at radius 1 is 1.14 bits per heavy atom. The number of nitrogens with two attached hydrogens (primary N) is 1. The molecule has 5 heteroatoms. The lowest BCUT2D eigenvalue weighted by Crippen LogP contribution is -2.25. The summed E-state index contributed by atoms with van der Waals surface area (Å²) in [5, 5.41) is 1.87. The van der Waals surface area contributed by atoms with Gasteiger partial charge in [0.25, 0.3) is 0 Å². The van der Waals surface area contributed by atoms with E-state index in [1.165, 1.54) is 9.60 Å². The number of fused-ring (bicyclic) bond motifs is 1. The number of thioether (sulfide) groups is 1. The van der Waals surface area contributed by atoms with E-state index in [-0.39, 0.29) is 6.04 Å². The van der Waals surface area contributed by atoms with Crippen molar-refractivity contribution >= 4 is 44.9 Å². The Morgan fingerprint density at radius 2 is 1.90 bits per heavy atom. The number of rotatable bonds is 5. The van der Waals surface area contributed by atoms with Gasteiger partial charge in [-0.2, -0.15) is 0 Å². The molecule has 0 saturated carbocycles. The van der Waals surface area contributed by atoms with Crippen LogP contribution in [-0.4, -0.2) is 16.8 Å². The molecule has 1 heterocycles. The Morgan fingerprint density at radius 3 is 2.67 bits per heavy atom.